The van der Waals surface area contributed by atoms with Crippen molar-refractivity contribution in [3.63, 3.8) is 0 Å². The number of amides is 2. The average molecular weight is 553 g/mol. The summed E-state index contributed by atoms with van der Waals surface area (Å²) in [4.78, 5) is 35.9. The summed E-state index contributed by atoms with van der Waals surface area (Å²) < 4.78 is 5.56. The van der Waals surface area contributed by atoms with Crippen molar-refractivity contribution < 1.29 is 14.3 Å². The highest BCUT2D eigenvalue weighted by Gasteiger charge is 2.58. The minimum atomic E-state index is -0.139. The lowest BCUT2D eigenvalue weighted by Crippen LogP contribution is -2.43. The van der Waals surface area contributed by atoms with Crippen molar-refractivity contribution in [2.75, 3.05) is 19.6 Å². The highest BCUT2D eigenvalue weighted by molar-refractivity contribution is 14.0. The molecule has 2 aliphatic carbocycles. The van der Waals surface area contributed by atoms with Gasteiger partial charge in [-0.1, -0.05) is 18.2 Å². The van der Waals surface area contributed by atoms with E-state index in [-0.39, 0.29) is 65.6 Å². The van der Waals surface area contributed by atoms with Gasteiger partial charge in [-0.15, -0.1) is 24.0 Å². The lowest BCUT2D eigenvalue weighted by Gasteiger charge is -2.18. The third-order valence-electron chi connectivity index (χ3n) is 6.11. The Balaban J connectivity index is 0.00000289. The highest BCUT2D eigenvalue weighted by Crippen LogP contribution is 2.52. The smallest absolute Gasteiger partial charge is 0.233 e. The van der Waals surface area contributed by atoms with Crippen molar-refractivity contribution in [2.24, 2.45) is 28.7 Å². The van der Waals surface area contributed by atoms with E-state index in [0.717, 1.165) is 12.0 Å². The number of guanidine groups is 1. The standard InChI is InChI=1S/C23H31N5O3.HI/c1-4-24-23(27-13-15-5-8-18(26-12-15)31-14(2)3)25-9-10-28-21(29)19-16-6-7-17(11-16)20(19)22(28)30;/h5-8,12,14,16-17,19-20H,4,9-11,13H2,1-3H3,(H2,24,25,27);1H. The van der Waals surface area contributed by atoms with Crippen LogP contribution < -0.4 is 15.4 Å². The Kier molecular flexibility index (Phi) is 8.13. The summed E-state index contributed by atoms with van der Waals surface area (Å²) in [6, 6.07) is 3.79. The predicted molar refractivity (Wildman–Crippen MR) is 133 cm³/mol. The summed E-state index contributed by atoms with van der Waals surface area (Å²) >= 11 is 0. The Hall–Kier alpha value is -2.17. The maximum absolute atomic E-state index is 12.8. The average Bonchev–Trinajstić information content (AvgIpc) is 3.42. The van der Waals surface area contributed by atoms with Crippen LogP contribution in [-0.2, 0) is 16.1 Å². The van der Waals surface area contributed by atoms with E-state index in [1.807, 2.05) is 32.9 Å². The van der Waals surface area contributed by atoms with Crippen LogP contribution in [0, 0.1) is 23.7 Å². The molecule has 4 rings (SSSR count). The van der Waals surface area contributed by atoms with E-state index >= 15 is 0 Å². The number of hydrogen-bond acceptors (Lipinski definition) is 5. The molecule has 8 nitrogen and oxygen atoms in total. The van der Waals surface area contributed by atoms with Gasteiger partial charge in [0.25, 0.3) is 0 Å². The van der Waals surface area contributed by atoms with Gasteiger partial charge in [0, 0.05) is 31.9 Å². The maximum Gasteiger partial charge on any atom is 0.233 e. The molecule has 2 bridgehead atoms. The van der Waals surface area contributed by atoms with Crippen molar-refractivity contribution in [1.82, 2.24) is 20.5 Å². The van der Waals surface area contributed by atoms with Crippen molar-refractivity contribution in [3.8, 4) is 5.88 Å². The van der Waals surface area contributed by atoms with E-state index in [9.17, 15) is 9.59 Å². The molecule has 32 heavy (non-hydrogen) atoms. The SMILES string of the molecule is CCNC(=NCc1ccc(OC(C)C)nc1)NCCN1C(=O)C2C3C=CC(C3)C2C1=O.I. The van der Waals surface area contributed by atoms with Crippen molar-refractivity contribution in [3.05, 3.63) is 36.0 Å². The number of aromatic nitrogens is 1. The summed E-state index contributed by atoms with van der Waals surface area (Å²) in [6.45, 7) is 7.92. The van der Waals surface area contributed by atoms with E-state index < -0.39 is 0 Å². The van der Waals surface area contributed by atoms with Gasteiger partial charge in [-0.3, -0.25) is 14.5 Å². The van der Waals surface area contributed by atoms with E-state index in [2.05, 4.69) is 32.8 Å². The molecule has 2 amide bonds. The number of carbonyl (C=O) groups is 2. The Morgan fingerprint density at radius 2 is 1.88 bits per heavy atom. The van der Waals surface area contributed by atoms with Crippen LogP contribution in [-0.4, -0.2) is 53.4 Å². The van der Waals surface area contributed by atoms with Crippen LogP contribution in [0.4, 0.5) is 0 Å². The number of allylic oxidation sites excluding steroid dienone is 2. The topological polar surface area (TPSA) is 95.9 Å². The second-order valence-corrected chi connectivity index (χ2v) is 8.62. The number of ether oxygens (including phenoxy) is 1. The van der Waals surface area contributed by atoms with E-state index in [4.69, 9.17) is 4.74 Å². The first kappa shape index (κ1) is 24.5. The number of rotatable bonds is 8. The molecule has 0 radical (unpaired) electrons. The molecule has 174 valence electrons. The molecule has 4 unspecified atom stereocenters. The Bertz CT molecular complexity index is 856. The molecule has 0 spiro atoms. The van der Waals surface area contributed by atoms with Crippen LogP contribution in [0.5, 0.6) is 5.88 Å². The molecule has 3 aliphatic rings. The number of pyridine rings is 1. The van der Waals surface area contributed by atoms with Crippen LogP contribution in [0.1, 0.15) is 32.8 Å². The zero-order chi connectivity index (χ0) is 22.0. The van der Waals surface area contributed by atoms with Gasteiger partial charge in [0.2, 0.25) is 17.7 Å². The first-order valence-electron chi connectivity index (χ1n) is 11.1. The Morgan fingerprint density at radius 1 is 1.19 bits per heavy atom. The molecule has 0 aromatic carbocycles. The Morgan fingerprint density at radius 3 is 2.44 bits per heavy atom. The molecule has 2 N–H and O–H groups in total. The molecule has 2 heterocycles. The van der Waals surface area contributed by atoms with Crippen molar-refractivity contribution in [1.29, 1.82) is 0 Å². The third kappa shape index (κ3) is 5.07. The lowest BCUT2D eigenvalue weighted by atomic mass is 9.85. The highest BCUT2D eigenvalue weighted by atomic mass is 127. The fraction of sp³-hybridized carbons (Fsp3) is 0.565. The van der Waals surface area contributed by atoms with Crippen LogP contribution in [0.2, 0.25) is 0 Å². The minimum absolute atomic E-state index is 0. The second kappa shape index (κ2) is 10.6. The molecule has 2 fully saturated rings. The van der Waals surface area contributed by atoms with Gasteiger partial charge in [0.05, 0.1) is 24.5 Å². The molecular weight excluding hydrogens is 521 g/mol. The van der Waals surface area contributed by atoms with Gasteiger partial charge >= 0.3 is 0 Å². The third-order valence-corrected chi connectivity index (χ3v) is 6.11. The van der Waals surface area contributed by atoms with Gasteiger partial charge in [-0.05, 0) is 44.6 Å². The summed E-state index contributed by atoms with van der Waals surface area (Å²) in [5, 5.41) is 6.43. The molecule has 1 aromatic heterocycles. The van der Waals surface area contributed by atoms with Crippen molar-refractivity contribution in [2.45, 2.75) is 39.8 Å². The number of carbonyl (C=O) groups excluding carboxylic acids is 2. The number of imide groups is 1. The Labute approximate surface area is 206 Å². The number of nitrogens with zero attached hydrogens (tertiary/aromatic N) is 3. The van der Waals surface area contributed by atoms with Crippen LogP contribution in [0.25, 0.3) is 0 Å². The molecule has 4 atom stereocenters. The van der Waals surface area contributed by atoms with Gasteiger partial charge < -0.3 is 15.4 Å². The lowest BCUT2D eigenvalue weighted by molar-refractivity contribution is -0.140. The second-order valence-electron chi connectivity index (χ2n) is 8.62. The number of fused-ring (bicyclic) bond motifs is 5. The number of halogens is 1. The fourth-order valence-electron chi connectivity index (χ4n) is 4.80. The quantitative estimate of drug-likeness (QED) is 0.169. The first-order chi connectivity index (χ1) is 15.0. The van der Waals surface area contributed by atoms with E-state index in [1.165, 1.54) is 4.90 Å². The largest absolute Gasteiger partial charge is 0.475 e. The van der Waals surface area contributed by atoms with Crippen LogP contribution in [0.15, 0.2) is 35.5 Å². The number of hydrogen-bond donors (Lipinski definition) is 2. The summed E-state index contributed by atoms with van der Waals surface area (Å²) in [5.74, 6) is 1.44. The first-order valence-corrected chi connectivity index (χ1v) is 11.1. The molecule has 1 saturated heterocycles. The van der Waals surface area contributed by atoms with Crippen LogP contribution >= 0.6 is 24.0 Å². The normalized spacial score (nSPS) is 25.9. The molecule has 1 aromatic rings. The molecule has 1 aliphatic heterocycles. The van der Waals surface area contributed by atoms with Gasteiger partial charge in [0.1, 0.15) is 0 Å². The maximum atomic E-state index is 12.8. The van der Waals surface area contributed by atoms with E-state index in [0.29, 0.717) is 38.0 Å². The number of nitrogens with one attached hydrogen (secondary N) is 2. The predicted octanol–water partition coefficient (Wildman–Crippen LogP) is 2.35. The summed E-state index contributed by atoms with van der Waals surface area (Å²) in [5.41, 5.74) is 0.967. The number of likely N-dealkylation sites (tertiary alicyclic amines) is 1. The van der Waals surface area contributed by atoms with Crippen LogP contribution in [0.3, 0.4) is 0 Å². The monoisotopic (exact) mass is 553 g/mol. The van der Waals surface area contributed by atoms with Gasteiger partial charge in [-0.2, -0.15) is 0 Å². The summed E-state index contributed by atoms with van der Waals surface area (Å²) in [6.07, 6.45) is 7.03. The van der Waals surface area contributed by atoms with Gasteiger partial charge in [-0.25, -0.2) is 9.98 Å². The number of aliphatic imine (C=N–C) groups is 1. The molecule has 1 saturated carbocycles. The zero-order valence-electron chi connectivity index (χ0n) is 18.8. The molecule has 9 heteroatoms. The molecular formula is C23H32IN5O3. The van der Waals surface area contributed by atoms with Crippen molar-refractivity contribution >= 4 is 41.8 Å². The zero-order valence-corrected chi connectivity index (χ0v) is 21.1. The van der Waals surface area contributed by atoms with Gasteiger partial charge in [0.15, 0.2) is 5.96 Å². The fourth-order valence-corrected chi connectivity index (χ4v) is 4.80. The minimum Gasteiger partial charge on any atom is -0.475 e. The van der Waals surface area contributed by atoms with E-state index in [1.54, 1.807) is 6.20 Å². The summed E-state index contributed by atoms with van der Waals surface area (Å²) in [7, 11) is 0.